The molecule has 0 spiro atoms. The van der Waals surface area contributed by atoms with E-state index in [-0.39, 0.29) is 51.0 Å². The number of aromatic carboxylic acids is 1. The molecule has 0 unspecified atom stereocenters. The number of carbonyl (C=O) groups is 3. The van der Waals surface area contributed by atoms with Gasteiger partial charge in [0.05, 0.1) is 26.5 Å². The molecule has 0 bridgehead atoms. The Morgan fingerprint density at radius 1 is 0.714 bits per heavy atom. The van der Waals surface area contributed by atoms with Gasteiger partial charge in [-0.15, -0.1) is 0 Å². The lowest BCUT2D eigenvalue weighted by Gasteiger charge is -2.21. The van der Waals surface area contributed by atoms with Crippen molar-refractivity contribution in [1.29, 1.82) is 0 Å². The van der Waals surface area contributed by atoms with Crippen LogP contribution in [0.25, 0.3) is 66.8 Å². The number of benzene rings is 6. The molecule has 4 aromatic rings. The summed E-state index contributed by atoms with van der Waals surface area (Å²) in [6.45, 7) is 8.99. The number of carboxylic acids is 1. The SMILES string of the molecule is CC/N=c1/cc2oc3cc(NCC)c(C)cc3c(-c3c(Cl)cc(C(=O)NCCNC(=O)c4ccc(-c5c6ccc(=O)cc-6oc6cc(O)ccc56)cc4)c(Cl)c3C(=O)O)c-2cc1C. The van der Waals surface area contributed by atoms with Gasteiger partial charge in [0.15, 0.2) is 5.43 Å². The van der Waals surface area contributed by atoms with Crippen LogP contribution in [0.2, 0.25) is 10.0 Å². The first-order chi connectivity index (χ1) is 30.3. The van der Waals surface area contributed by atoms with E-state index in [4.69, 9.17) is 32.0 Å². The van der Waals surface area contributed by atoms with E-state index in [1.54, 1.807) is 42.5 Å². The number of halogens is 2. The van der Waals surface area contributed by atoms with E-state index in [1.165, 1.54) is 24.3 Å². The molecule has 2 heterocycles. The van der Waals surface area contributed by atoms with Crippen molar-refractivity contribution in [3.63, 3.8) is 0 Å². The number of amides is 2. The number of hydrogen-bond acceptors (Lipinski definition) is 9. The molecule has 2 aliphatic carbocycles. The van der Waals surface area contributed by atoms with Crippen LogP contribution in [-0.4, -0.2) is 54.2 Å². The Morgan fingerprint density at radius 3 is 2.11 bits per heavy atom. The molecule has 2 amide bonds. The second-order valence-corrected chi connectivity index (χ2v) is 15.7. The van der Waals surface area contributed by atoms with Crippen molar-refractivity contribution >= 4 is 68.6 Å². The van der Waals surface area contributed by atoms with Gasteiger partial charge in [0.2, 0.25) is 0 Å². The van der Waals surface area contributed by atoms with E-state index < -0.39 is 17.8 Å². The number of phenolic OH excluding ortho intramolecular Hbond substituents is 1. The highest BCUT2D eigenvalue weighted by Gasteiger charge is 2.30. The summed E-state index contributed by atoms with van der Waals surface area (Å²) in [5, 5.41) is 31.3. The molecule has 5 N–H and O–H groups in total. The molecule has 0 radical (unpaired) electrons. The number of aromatic hydroxyl groups is 1. The first-order valence-corrected chi connectivity index (χ1v) is 20.9. The van der Waals surface area contributed by atoms with Crippen LogP contribution >= 0.6 is 23.2 Å². The molecule has 4 aliphatic rings. The van der Waals surface area contributed by atoms with Crippen LogP contribution in [0.3, 0.4) is 0 Å². The van der Waals surface area contributed by atoms with Crippen molar-refractivity contribution in [1.82, 2.24) is 10.6 Å². The quantitative estimate of drug-likeness (QED) is 0.0623. The van der Waals surface area contributed by atoms with Gasteiger partial charge in [0.25, 0.3) is 11.8 Å². The molecule has 14 heteroatoms. The van der Waals surface area contributed by atoms with Gasteiger partial charge in [-0.1, -0.05) is 35.3 Å². The minimum Gasteiger partial charge on any atom is -0.508 e. The molecular weight excluding hydrogens is 843 g/mol. The first-order valence-electron chi connectivity index (χ1n) is 20.2. The van der Waals surface area contributed by atoms with E-state index in [0.717, 1.165) is 33.3 Å². The highest BCUT2D eigenvalue weighted by Crippen LogP contribution is 2.48. The van der Waals surface area contributed by atoms with Gasteiger partial charge >= 0.3 is 5.97 Å². The van der Waals surface area contributed by atoms with Gasteiger partial charge in [0, 0.05) is 100 Å². The zero-order valence-electron chi connectivity index (χ0n) is 34.5. The van der Waals surface area contributed by atoms with E-state index >= 15 is 0 Å². The number of carbonyl (C=O) groups excluding carboxylic acids is 2. The maximum atomic E-state index is 13.6. The predicted molar refractivity (Wildman–Crippen MR) is 246 cm³/mol. The van der Waals surface area contributed by atoms with Crippen molar-refractivity contribution in [3.8, 4) is 50.7 Å². The second kappa shape index (κ2) is 17.3. The van der Waals surface area contributed by atoms with Gasteiger partial charge in [-0.2, -0.15) is 0 Å². The Balaban J connectivity index is 1.05. The number of aryl methyl sites for hydroxylation is 2. The first kappa shape index (κ1) is 42.5. The Hall–Kier alpha value is -7.15. The number of carboxylic acid groups (broad SMARTS) is 1. The lowest BCUT2D eigenvalue weighted by atomic mass is 9.88. The zero-order valence-corrected chi connectivity index (χ0v) is 36.0. The summed E-state index contributed by atoms with van der Waals surface area (Å²) < 4.78 is 12.4. The third kappa shape index (κ3) is 8.06. The predicted octanol–water partition coefficient (Wildman–Crippen LogP) is 9.92. The number of nitrogens with one attached hydrogen (secondary N) is 3. The van der Waals surface area contributed by atoms with Crippen LogP contribution in [-0.2, 0) is 0 Å². The monoisotopic (exact) mass is 882 g/mol. The topological polar surface area (TPSA) is 183 Å². The van der Waals surface area contributed by atoms with Crippen molar-refractivity contribution < 1.29 is 33.4 Å². The molecule has 0 fully saturated rings. The van der Waals surface area contributed by atoms with Gasteiger partial charge in [0.1, 0.15) is 28.4 Å². The van der Waals surface area contributed by atoms with Crippen LogP contribution in [0.4, 0.5) is 5.69 Å². The summed E-state index contributed by atoms with van der Waals surface area (Å²) in [5.74, 6) is -1.65. The zero-order chi connectivity index (χ0) is 44.7. The molecule has 0 saturated heterocycles. The smallest absolute Gasteiger partial charge is 0.337 e. The Bertz CT molecular complexity index is 3230. The minimum absolute atomic E-state index is 0.0117. The molecule has 0 aromatic heterocycles. The summed E-state index contributed by atoms with van der Waals surface area (Å²) in [4.78, 5) is 56.7. The van der Waals surface area contributed by atoms with E-state index in [0.29, 0.717) is 68.8 Å². The van der Waals surface area contributed by atoms with Crippen LogP contribution in [0.1, 0.15) is 56.0 Å². The van der Waals surface area contributed by atoms with E-state index in [2.05, 4.69) is 20.9 Å². The van der Waals surface area contributed by atoms with E-state index in [9.17, 15) is 29.4 Å². The normalized spacial score (nSPS) is 11.7. The van der Waals surface area contributed by atoms with Gasteiger partial charge in [-0.25, -0.2) is 4.79 Å². The van der Waals surface area contributed by atoms with Gasteiger partial charge in [-0.3, -0.25) is 19.4 Å². The number of nitrogens with zero attached hydrogens (tertiary/aromatic N) is 1. The van der Waals surface area contributed by atoms with Crippen molar-refractivity contribution in [2.45, 2.75) is 27.7 Å². The molecule has 0 atom stereocenters. The molecule has 12 nitrogen and oxygen atoms in total. The largest absolute Gasteiger partial charge is 0.508 e. The minimum atomic E-state index is -1.39. The molecule has 318 valence electrons. The summed E-state index contributed by atoms with van der Waals surface area (Å²) in [5.41, 5.74) is 6.47. The molecule has 63 heavy (non-hydrogen) atoms. The number of fused-ring (bicyclic) bond motifs is 4. The maximum Gasteiger partial charge on any atom is 0.337 e. The number of anilines is 1. The number of hydrogen-bond donors (Lipinski definition) is 5. The average molecular weight is 884 g/mol. The summed E-state index contributed by atoms with van der Waals surface area (Å²) >= 11 is 13.9. The van der Waals surface area contributed by atoms with Crippen LogP contribution in [0.5, 0.6) is 5.75 Å². The number of phenols is 1. The summed E-state index contributed by atoms with van der Waals surface area (Å²) in [6.07, 6.45) is 0. The average Bonchev–Trinajstić information content (AvgIpc) is 3.25. The van der Waals surface area contributed by atoms with Crippen molar-refractivity contribution in [3.05, 3.63) is 144 Å². The van der Waals surface area contributed by atoms with E-state index in [1.807, 2.05) is 52.0 Å². The Kier molecular flexibility index (Phi) is 11.7. The van der Waals surface area contributed by atoms with Crippen LogP contribution in [0.15, 0.2) is 110 Å². The summed E-state index contributed by atoms with van der Waals surface area (Å²) in [7, 11) is 0. The molecule has 8 rings (SSSR count). The third-order valence-corrected chi connectivity index (χ3v) is 11.5. The lowest BCUT2D eigenvalue weighted by molar-refractivity contribution is 0.0697. The number of rotatable bonds is 11. The van der Waals surface area contributed by atoms with Crippen LogP contribution < -0.4 is 26.7 Å². The summed E-state index contributed by atoms with van der Waals surface area (Å²) in [6, 6.07) is 25.0. The van der Waals surface area contributed by atoms with Gasteiger partial charge < -0.3 is 35.0 Å². The Morgan fingerprint density at radius 2 is 1.41 bits per heavy atom. The third-order valence-electron chi connectivity index (χ3n) is 10.8. The highest BCUT2D eigenvalue weighted by atomic mass is 35.5. The fourth-order valence-corrected chi connectivity index (χ4v) is 8.54. The second-order valence-electron chi connectivity index (χ2n) is 15.0. The molecule has 2 aliphatic heterocycles. The van der Waals surface area contributed by atoms with Crippen LogP contribution in [0, 0.1) is 13.8 Å². The fourth-order valence-electron chi connectivity index (χ4n) is 7.92. The standard InChI is InChI=1S/C49H40Cl2N4O8/c1-5-52-36-22-40-32(17-24(36)3)43(33-18-25(4)37(53-6-2)23-41(33)63-40)44-35(50)21-34(46(51)45(44)49(60)61)48(59)55-16-15-54-47(58)27-9-7-26(8-10-27)42-30-13-11-28(56)19-38(30)62-39-20-29(57)12-14-31(39)42/h7-14,17-23,52,56H,5-6,15-16H2,1-4H3,(H,54,58)(H,55,59)(H,60,61)/b53-37-. The molecular formula is C49H40Cl2N4O8. The lowest BCUT2D eigenvalue weighted by Crippen LogP contribution is -2.35. The maximum absolute atomic E-state index is 13.6. The Labute approximate surface area is 370 Å². The van der Waals surface area contributed by atoms with Gasteiger partial charge in [-0.05, 0) is 99.0 Å². The highest BCUT2D eigenvalue weighted by molar-refractivity contribution is 6.41. The fraction of sp³-hybridized carbons (Fsp3) is 0.163. The molecule has 4 aromatic carbocycles. The van der Waals surface area contributed by atoms with Crippen molar-refractivity contribution in [2.24, 2.45) is 4.99 Å². The van der Waals surface area contributed by atoms with Crippen molar-refractivity contribution in [2.75, 3.05) is 31.5 Å². The molecule has 0 saturated carbocycles.